The summed E-state index contributed by atoms with van der Waals surface area (Å²) in [5.41, 5.74) is 1.73. The van der Waals surface area contributed by atoms with Gasteiger partial charge >= 0.3 is 0 Å². The van der Waals surface area contributed by atoms with Crippen LogP contribution in [0.25, 0.3) is 0 Å². The molecule has 1 amide bonds. The van der Waals surface area contributed by atoms with Gasteiger partial charge in [0.15, 0.2) is 5.78 Å². The molecule has 5 nitrogen and oxygen atoms in total. The first-order chi connectivity index (χ1) is 14.9. The van der Waals surface area contributed by atoms with Crippen LogP contribution in [-0.4, -0.2) is 42.3 Å². The molecule has 1 N–H and O–H groups in total. The van der Waals surface area contributed by atoms with Crippen LogP contribution in [0.1, 0.15) is 62.1 Å². The van der Waals surface area contributed by atoms with E-state index in [2.05, 4.69) is 22.3 Å². The number of carbonyl (C=O) groups is 2. The Morgan fingerprint density at radius 1 is 1.03 bits per heavy atom. The summed E-state index contributed by atoms with van der Waals surface area (Å²) in [7, 11) is 0. The van der Waals surface area contributed by atoms with E-state index in [1.165, 1.54) is 0 Å². The van der Waals surface area contributed by atoms with Crippen LogP contribution in [0.3, 0.4) is 0 Å². The van der Waals surface area contributed by atoms with Crippen molar-refractivity contribution >= 4 is 11.7 Å². The van der Waals surface area contributed by atoms with Crippen LogP contribution >= 0.6 is 0 Å². The van der Waals surface area contributed by atoms with E-state index in [0.717, 1.165) is 44.5 Å². The normalized spacial score (nSPS) is 16.1. The van der Waals surface area contributed by atoms with Crippen LogP contribution in [0.5, 0.6) is 5.75 Å². The molecule has 0 bridgehead atoms. The third-order valence-corrected chi connectivity index (χ3v) is 5.87. The Balaban J connectivity index is 1.61. The zero-order valence-corrected chi connectivity index (χ0v) is 18.8. The largest absolute Gasteiger partial charge is 0.485 e. The minimum Gasteiger partial charge on any atom is -0.485 e. The van der Waals surface area contributed by atoms with Gasteiger partial charge in [-0.1, -0.05) is 56.3 Å². The van der Waals surface area contributed by atoms with Gasteiger partial charge in [-0.3, -0.25) is 9.59 Å². The minimum atomic E-state index is -0.125. The Labute approximate surface area is 185 Å². The lowest BCUT2D eigenvalue weighted by atomic mass is 10.0. The van der Waals surface area contributed by atoms with Gasteiger partial charge < -0.3 is 15.0 Å². The summed E-state index contributed by atoms with van der Waals surface area (Å²) in [6.45, 7) is 8.27. The summed E-state index contributed by atoms with van der Waals surface area (Å²) in [4.78, 5) is 26.4. The van der Waals surface area contributed by atoms with Crippen LogP contribution in [-0.2, 0) is 4.79 Å². The van der Waals surface area contributed by atoms with E-state index in [9.17, 15) is 9.59 Å². The highest BCUT2D eigenvalue weighted by molar-refractivity contribution is 5.96. The van der Waals surface area contributed by atoms with Crippen molar-refractivity contribution in [1.29, 1.82) is 0 Å². The Morgan fingerprint density at radius 2 is 1.68 bits per heavy atom. The van der Waals surface area contributed by atoms with Gasteiger partial charge in [-0.05, 0) is 37.5 Å². The fraction of sp³-hybridized carbons (Fsp3) is 0.462. The molecular formula is C26H34N2O3. The van der Waals surface area contributed by atoms with Crippen LogP contribution in [0.4, 0.5) is 0 Å². The lowest BCUT2D eigenvalue weighted by molar-refractivity contribution is -0.125. The van der Waals surface area contributed by atoms with E-state index >= 15 is 0 Å². The molecule has 0 saturated carbocycles. The van der Waals surface area contributed by atoms with Gasteiger partial charge in [0.05, 0.1) is 5.56 Å². The second kappa shape index (κ2) is 11.1. The fourth-order valence-corrected chi connectivity index (χ4v) is 3.94. The number of benzene rings is 2. The molecule has 1 aliphatic rings. The smallest absolute Gasteiger partial charge is 0.222 e. The van der Waals surface area contributed by atoms with E-state index in [1.54, 1.807) is 6.92 Å². The maximum Gasteiger partial charge on any atom is 0.222 e. The molecule has 5 heteroatoms. The van der Waals surface area contributed by atoms with Crippen molar-refractivity contribution in [2.75, 3.05) is 19.6 Å². The van der Waals surface area contributed by atoms with E-state index in [4.69, 9.17) is 4.74 Å². The third kappa shape index (κ3) is 6.66. The van der Waals surface area contributed by atoms with Crippen molar-refractivity contribution in [2.45, 2.75) is 52.2 Å². The number of hydrogen-bond acceptors (Lipinski definition) is 4. The molecule has 1 saturated heterocycles. The molecule has 2 aromatic carbocycles. The van der Waals surface area contributed by atoms with Crippen LogP contribution in [0.2, 0.25) is 0 Å². The highest BCUT2D eigenvalue weighted by Crippen LogP contribution is 2.28. The monoisotopic (exact) mass is 422 g/mol. The highest BCUT2D eigenvalue weighted by atomic mass is 16.5. The average molecular weight is 423 g/mol. The Morgan fingerprint density at radius 3 is 2.32 bits per heavy atom. The number of carbonyl (C=O) groups excluding carboxylic acids is 2. The van der Waals surface area contributed by atoms with Gasteiger partial charge in [-0.25, -0.2) is 0 Å². The second-order valence-corrected chi connectivity index (χ2v) is 8.64. The van der Waals surface area contributed by atoms with Gasteiger partial charge in [0.2, 0.25) is 5.91 Å². The minimum absolute atomic E-state index is 0.00734. The quantitative estimate of drug-likeness (QED) is 0.598. The fourth-order valence-electron chi connectivity index (χ4n) is 3.94. The van der Waals surface area contributed by atoms with Gasteiger partial charge in [0, 0.05) is 38.0 Å². The molecule has 166 valence electrons. The molecule has 3 rings (SSSR count). The number of rotatable bonds is 9. The number of Topliss-reactive ketones (excluding diaryl/α,β-unsaturated/α-hetero) is 1. The summed E-state index contributed by atoms with van der Waals surface area (Å²) < 4.78 is 6.38. The Bertz CT molecular complexity index is 858. The number of ketones is 1. The molecule has 1 fully saturated rings. The number of para-hydroxylation sites is 1. The van der Waals surface area contributed by atoms with Crippen molar-refractivity contribution in [2.24, 2.45) is 5.92 Å². The maximum absolute atomic E-state index is 12.0. The van der Waals surface area contributed by atoms with Gasteiger partial charge in [0.25, 0.3) is 0 Å². The van der Waals surface area contributed by atoms with Crippen molar-refractivity contribution in [1.82, 2.24) is 10.2 Å². The average Bonchev–Trinajstić information content (AvgIpc) is 2.78. The molecule has 0 aromatic heterocycles. The summed E-state index contributed by atoms with van der Waals surface area (Å²) in [6, 6.07) is 17.9. The zero-order valence-electron chi connectivity index (χ0n) is 18.8. The standard InChI is InChI=1S/C26H34N2O3/c1-19(2)26(30)27-22-13-16-28(17-14-22)18-15-24(21-9-5-4-6-10-21)31-25-12-8-7-11-23(25)20(3)29/h4-12,19,22,24H,13-18H2,1-3H3,(H,27,30)/t24-/m1/s1. The lowest BCUT2D eigenvalue weighted by Crippen LogP contribution is -2.46. The van der Waals surface area contributed by atoms with E-state index in [0.29, 0.717) is 11.3 Å². The number of ether oxygens (including phenoxy) is 1. The second-order valence-electron chi connectivity index (χ2n) is 8.64. The molecule has 0 unspecified atom stereocenters. The van der Waals surface area contributed by atoms with Crippen LogP contribution in [0.15, 0.2) is 54.6 Å². The first-order valence-corrected chi connectivity index (χ1v) is 11.3. The van der Waals surface area contributed by atoms with Gasteiger partial charge in [-0.15, -0.1) is 0 Å². The first-order valence-electron chi connectivity index (χ1n) is 11.3. The summed E-state index contributed by atoms with van der Waals surface area (Å²) >= 11 is 0. The molecule has 1 heterocycles. The summed E-state index contributed by atoms with van der Waals surface area (Å²) in [5.74, 6) is 0.812. The number of nitrogens with one attached hydrogen (secondary N) is 1. The van der Waals surface area contributed by atoms with Crippen molar-refractivity contribution < 1.29 is 14.3 Å². The van der Waals surface area contributed by atoms with Crippen molar-refractivity contribution in [3.63, 3.8) is 0 Å². The molecule has 31 heavy (non-hydrogen) atoms. The van der Waals surface area contributed by atoms with E-state index in [-0.39, 0.29) is 29.8 Å². The lowest BCUT2D eigenvalue weighted by Gasteiger charge is -2.33. The number of nitrogens with zero attached hydrogens (tertiary/aromatic N) is 1. The molecule has 0 radical (unpaired) electrons. The molecule has 0 aliphatic carbocycles. The number of hydrogen-bond donors (Lipinski definition) is 1. The summed E-state index contributed by atoms with van der Waals surface area (Å²) in [5, 5.41) is 3.16. The number of likely N-dealkylation sites (tertiary alicyclic amines) is 1. The number of amides is 1. The van der Waals surface area contributed by atoms with Crippen LogP contribution in [0, 0.1) is 5.92 Å². The van der Waals surface area contributed by atoms with E-state index in [1.807, 2.05) is 56.3 Å². The first kappa shape index (κ1) is 23.0. The molecular weight excluding hydrogens is 388 g/mol. The van der Waals surface area contributed by atoms with E-state index < -0.39 is 0 Å². The Kier molecular flexibility index (Phi) is 8.24. The number of piperidine rings is 1. The molecule has 2 aromatic rings. The Hall–Kier alpha value is -2.66. The van der Waals surface area contributed by atoms with Crippen molar-refractivity contribution in [3.05, 3.63) is 65.7 Å². The summed E-state index contributed by atoms with van der Waals surface area (Å²) in [6.07, 6.45) is 2.66. The highest BCUT2D eigenvalue weighted by Gasteiger charge is 2.23. The predicted octanol–water partition coefficient (Wildman–Crippen LogP) is 4.64. The van der Waals surface area contributed by atoms with Gasteiger partial charge in [-0.2, -0.15) is 0 Å². The predicted molar refractivity (Wildman–Crippen MR) is 123 cm³/mol. The molecule has 1 atom stereocenters. The zero-order chi connectivity index (χ0) is 22.2. The van der Waals surface area contributed by atoms with Crippen molar-refractivity contribution in [3.8, 4) is 5.75 Å². The topological polar surface area (TPSA) is 58.6 Å². The maximum atomic E-state index is 12.0. The molecule has 1 aliphatic heterocycles. The van der Waals surface area contributed by atoms with Crippen LogP contribution < -0.4 is 10.1 Å². The SMILES string of the molecule is CC(=O)c1ccccc1O[C@H](CCN1CCC(NC(=O)C(C)C)CC1)c1ccccc1. The third-order valence-electron chi connectivity index (χ3n) is 5.87. The van der Waals surface area contributed by atoms with Gasteiger partial charge in [0.1, 0.15) is 11.9 Å². The molecule has 0 spiro atoms.